The fourth-order valence-electron chi connectivity index (χ4n) is 1.49. The van der Waals surface area contributed by atoms with Gasteiger partial charge in [0.2, 0.25) is 0 Å². The molecule has 1 unspecified atom stereocenters. The molecule has 1 heterocycles. The molecule has 18 heavy (non-hydrogen) atoms. The van der Waals surface area contributed by atoms with E-state index in [1.54, 1.807) is 0 Å². The van der Waals surface area contributed by atoms with E-state index >= 15 is 0 Å². The van der Waals surface area contributed by atoms with Crippen molar-refractivity contribution in [1.82, 2.24) is 9.88 Å². The SMILES string of the molecule is CC(CCN(C)C)Nc1cc([N+](=O)[O-])cc(N)n1. The molecule has 3 N–H and O–H groups in total. The smallest absolute Gasteiger partial charge is 0.276 e. The minimum atomic E-state index is -0.478. The summed E-state index contributed by atoms with van der Waals surface area (Å²) >= 11 is 0. The zero-order chi connectivity index (χ0) is 13.7. The van der Waals surface area contributed by atoms with Gasteiger partial charge in [0.05, 0.1) is 17.1 Å². The first kappa shape index (κ1) is 14.2. The topological polar surface area (TPSA) is 97.3 Å². The van der Waals surface area contributed by atoms with Gasteiger partial charge < -0.3 is 16.0 Å². The van der Waals surface area contributed by atoms with Crippen molar-refractivity contribution < 1.29 is 4.92 Å². The molecular formula is C11H19N5O2. The summed E-state index contributed by atoms with van der Waals surface area (Å²) in [5.74, 6) is 0.583. The Morgan fingerprint density at radius 1 is 1.56 bits per heavy atom. The number of nitro groups is 1. The standard InChI is InChI=1S/C11H19N5O2/c1-8(4-5-15(2)3)13-11-7-9(16(17)18)6-10(12)14-11/h6-8H,4-5H2,1-3H3,(H3,12,13,14). The van der Waals surface area contributed by atoms with E-state index in [2.05, 4.69) is 15.2 Å². The van der Waals surface area contributed by atoms with Gasteiger partial charge in [-0.1, -0.05) is 0 Å². The molecule has 0 saturated heterocycles. The molecule has 1 aromatic heterocycles. The Hall–Kier alpha value is -1.89. The molecule has 1 atom stereocenters. The minimum absolute atomic E-state index is 0.0511. The van der Waals surface area contributed by atoms with Crippen molar-refractivity contribution in [3.63, 3.8) is 0 Å². The predicted molar refractivity (Wildman–Crippen MR) is 71.6 cm³/mol. The number of hydrogen-bond donors (Lipinski definition) is 2. The highest BCUT2D eigenvalue weighted by Gasteiger charge is 2.11. The fourth-order valence-corrected chi connectivity index (χ4v) is 1.49. The zero-order valence-electron chi connectivity index (χ0n) is 10.9. The molecule has 0 aromatic carbocycles. The number of anilines is 2. The van der Waals surface area contributed by atoms with Gasteiger partial charge in [-0.3, -0.25) is 10.1 Å². The summed E-state index contributed by atoms with van der Waals surface area (Å²) in [4.78, 5) is 16.3. The van der Waals surface area contributed by atoms with Gasteiger partial charge in [-0.25, -0.2) is 4.98 Å². The van der Waals surface area contributed by atoms with E-state index in [0.717, 1.165) is 13.0 Å². The number of pyridine rings is 1. The summed E-state index contributed by atoms with van der Waals surface area (Å²) in [6, 6.07) is 2.80. The normalized spacial score (nSPS) is 12.4. The van der Waals surface area contributed by atoms with Crippen LogP contribution in [0.1, 0.15) is 13.3 Å². The van der Waals surface area contributed by atoms with Gasteiger partial charge in [0.15, 0.2) is 0 Å². The summed E-state index contributed by atoms with van der Waals surface area (Å²) < 4.78 is 0. The largest absolute Gasteiger partial charge is 0.383 e. The summed E-state index contributed by atoms with van der Waals surface area (Å²) in [7, 11) is 3.99. The van der Waals surface area contributed by atoms with Crippen LogP contribution in [-0.2, 0) is 0 Å². The highest BCUT2D eigenvalue weighted by Crippen LogP contribution is 2.19. The average molecular weight is 253 g/mol. The molecule has 0 fully saturated rings. The summed E-state index contributed by atoms with van der Waals surface area (Å²) in [5.41, 5.74) is 5.48. The number of nitrogens with zero attached hydrogens (tertiary/aromatic N) is 3. The lowest BCUT2D eigenvalue weighted by atomic mass is 10.2. The van der Waals surface area contributed by atoms with E-state index in [1.165, 1.54) is 12.1 Å². The molecule has 100 valence electrons. The van der Waals surface area contributed by atoms with Crippen molar-refractivity contribution in [3.05, 3.63) is 22.2 Å². The number of rotatable bonds is 6. The van der Waals surface area contributed by atoms with E-state index in [1.807, 2.05) is 21.0 Å². The van der Waals surface area contributed by atoms with Crippen molar-refractivity contribution in [2.24, 2.45) is 0 Å². The van der Waals surface area contributed by atoms with E-state index in [4.69, 9.17) is 5.73 Å². The molecule has 0 spiro atoms. The van der Waals surface area contributed by atoms with Gasteiger partial charge in [-0.05, 0) is 34.0 Å². The van der Waals surface area contributed by atoms with Crippen LogP contribution in [0.2, 0.25) is 0 Å². The van der Waals surface area contributed by atoms with Crippen LogP contribution >= 0.6 is 0 Å². The van der Waals surface area contributed by atoms with Crippen LogP contribution < -0.4 is 11.1 Å². The van der Waals surface area contributed by atoms with Crippen LogP contribution in [-0.4, -0.2) is 41.5 Å². The van der Waals surface area contributed by atoms with Gasteiger partial charge >= 0.3 is 0 Å². The molecule has 0 aliphatic rings. The number of hydrogen-bond acceptors (Lipinski definition) is 6. The highest BCUT2D eigenvalue weighted by molar-refractivity contribution is 5.52. The Morgan fingerprint density at radius 2 is 2.22 bits per heavy atom. The molecule has 1 rings (SSSR count). The van der Waals surface area contributed by atoms with Crippen LogP contribution in [0.3, 0.4) is 0 Å². The van der Waals surface area contributed by atoms with Crippen LogP contribution in [0, 0.1) is 10.1 Å². The maximum Gasteiger partial charge on any atom is 0.276 e. The minimum Gasteiger partial charge on any atom is -0.383 e. The molecule has 0 bridgehead atoms. The molecule has 7 nitrogen and oxygen atoms in total. The van der Waals surface area contributed by atoms with Gasteiger partial charge in [0.25, 0.3) is 5.69 Å². The summed E-state index contributed by atoms with van der Waals surface area (Å²) in [5, 5.41) is 13.8. The van der Waals surface area contributed by atoms with Crippen molar-refractivity contribution in [2.75, 3.05) is 31.7 Å². The lowest BCUT2D eigenvalue weighted by molar-refractivity contribution is -0.384. The van der Waals surface area contributed by atoms with Gasteiger partial charge in [-0.15, -0.1) is 0 Å². The lowest BCUT2D eigenvalue weighted by Crippen LogP contribution is -2.23. The van der Waals surface area contributed by atoms with Crippen molar-refractivity contribution in [1.29, 1.82) is 0 Å². The van der Waals surface area contributed by atoms with Crippen LogP contribution in [0.25, 0.3) is 0 Å². The van der Waals surface area contributed by atoms with Crippen molar-refractivity contribution in [3.8, 4) is 0 Å². The van der Waals surface area contributed by atoms with Gasteiger partial charge in [-0.2, -0.15) is 0 Å². The molecular weight excluding hydrogens is 234 g/mol. The first-order chi connectivity index (χ1) is 8.38. The van der Waals surface area contributed by atoms with Gasteiger partial charge in [0.1, 0.15) is 11.6 Å². The van der Waals surface area contributed by atoms with E-state index in [-0.39, 0.29) is 17.5 Å². The first-order valence-electron chi connectivity index (χ1n) is 5.71. The van der Waals surface area contributed by atoms with E-state index in [0.29, 0.717) is 5.82 Å². The lowest BCUT2D eigenvalue weighted by Gasteiger charge is -2.17. The second-order valence-corrected chi connectivity index (χ2v) is 4.53. The Kier molecular flexibility index (Phi) is 4.85. The quantitative estimate of drug-likeness (QED) is 0.586. The zero-order valence-corrected chi connectivity index (χ0v) is 10.9. The first-order valence-corrected chi connectivity index (χ1v) is 5.71. The van der Waals surface area contributed by atoms with Crippen LogP contribution in [0.15, 0.2) is 12.1 Å². The third-order valence-corrected chi connectivity index (χ3v) is 2.44. The predicted octanol–water partition coefficient (Wildman–Crippen LogP) is 1.32. The molecule has 1 aromatic rings. The Balaban J connectivity index is 2.69. The average Bonchev–Trinajstić information content (AvgIpc) is 2.25. The van der Waals surface area contributed by atoms with Gasteiger partial charge in [0, 0.05) is 6.04 Å². The van der Waals surface area contributed by atoms with E-state index < -0.39 is 4.92 Å². The number of nitrogens with one attached hydrogen (secondary N) is 1. The fraction of sp³-hybridized carbons (Fsp3) is 0.545. The van der Waals surface area contributed by atoms with Crippen LogP contribution in [0.4, 0.5) is 17.3 Å². The molecule has 0 aliphatic heterocycles. The monoisotopic (exact) mass is 253 g/mol. The molecule has 0 amide bonds. The molecule has 0 radical (unpaired) electrons. The van der Waals surface area contributed by atoms with Crippen molar-refractivity contribution >= 4 is 17.3 Å². The second-order valence-electron chi connectivity index (χ2n) is 4.53. The molecule has 0 aliphatic carbocycles. The van der Waals surface area contributed by atoms with Crippen LogP contribution in [0.5, 0.6) is 0 Å². The molecule has 7 heteroatoms. The third kappa shape index (κ3) is 4.54. The Labute approximate surface area is 106 Å². The Morgan fingerprint density at radius 3 is 2.78 bits per heavy atom. The summed E-state index contributed by atoms with van der Waals surface area (Å²) in [6.45, 7) is 2.93. The number of nitrogen functional groups attached to an aromatic ring is 1. The third-order valence-electron chi connectivity index (χ3n) is 2.44. The second kappa shape index (κ2) is 6.15. The maximum absolute atomic E-state index is 10.7. The van der Waals surface area contributed by atoms with Crippen molar-refractivity contribution in [2.45, 2.75) is 19.4 Å². The number of aromatic nitrogens is 1. The van der Waals surface area contributed by atoms with E-state index in [9.17, 15) is 10.1 Å². The number of nitrogens with two attached hydrogens (primary N) is 1. The Bertz CT molecular complexity index is 422. The summed E-state index contributed by atoms with van der Waals surface area (Å²) in [6.07, 6.45) is 0.914. The molecule has 0 saturated carbocycles. The highest BCUT2D eigenvalue weighted by atomic mass is 16.6. The maximum atomic E-state index is 10.7.